The van der Waals surface area contributed by atoms with Gasteiger partial charge in [0.25, 0.3) is 0 Å². The van der Waals surface area contributed by atoms with Crippen LogP contribution in [0.4, 0.5) is 8.78 Å². The largest absolute Gasteiger partial charge is 0.497 e. The van der Waals surface area contributed by atoms with E-state index in [1.54, 1.807) is 14.2 Å². The fourth-order valence-corrected chi connectivity index (χ4v) is 4.07. The first-order chi connectivity index (χ1) is 14.1. The van der Waals surface area contributed by atoms with Gasteiger partial charge in [-0.05, 0) is 48.4 Å². The van der Waals surface area contributed by atoms with E-state index in [0.29, 0.717) is 18.0 Å². The van der Waals surface area contributed by atoms with Gasteiger partial charge in [-0.25, -0.2) is 8.78 Å². The van der Waals surface area contributed by atoms with Crippen LogP contribution in [-0.4, -0.2) is 30.2 Å². The molecule has 4 rings (SSSR count). The fraction of sp³-hybridized carbons (Fsp3) is 0.304. The molecule has 1 atom stereocenters. The van der Waals surface area contributed by atoms with Crippen molar-refractivity contribution in [2.45, 2.75) is 25.6 Å². The summed E-state index contributed by atoms with van der Waals surface area (Å²) in [7, 11) is 3.22. The Bertz CT molecular complexity index is 960. The van der Waals surface area contributed by atoms with Crippen molar-refractivity contribution in [2.75, 3.05) is 20.8 Å². The normalized spacial score (nSPS) is 16.9. The summed E-state index contributed by atoms with van der Waals surface area (Å²) in [5, 5.41) is 0. The molecule has 2 heterocycles. The van der Waals surface area contributed by atoms with Gasteiger partial charge in [-0.2, -0.15) is 0 Å². The minimum Gasteiger partial charge on any atom is -0.497 e. The van der Waals surface area contributed by atoms with Gasteiger partial charge in [0.05, 0.1) is 20.3 Å². The van der Waals surface area contributed by atoms with Gasteiger partial charge in [-0.1, -0.05) is 6.07 Å². The lowest BCUT2D eigenvalue weighted by Crippen LogP contribution is -2.30. The molecule has 2 aromatic carbocycles. The van der Waals surface area contributed by atoms with Crippen molar-refractivity contribution < 1.29 is 18.3 Å². The van der Waals surface area contributed by atoms with E-state index in [0.717, 1.165) is 24.2 Å². The van der Waals surface area contributed by atoms with Crippen LogP contribution in [0.15, 0.2) is 54.7 Å². The van der Waals surface area contributed by atoms with E-state index in [9.17, 15) is 8.78 Å². The van der Waals surface area contributed by atoms with Crippen LogP contribution < -0.4 is 9.47 Å². The standard InChI is InChI=1S/C23H24F2N2O2/c1-28-17-12-16(13-18(14-17)29-2)23-22-8-4-9-26(22)10-5-11-27(23)15-19-20(24)6-3-7-21(19)25/h3-4,6-9,12-14,23H,5,10-11,15H2,1-2H3. The molecule has 0 amide bonds. The maximum atomic E-state index is 14.4. The van der Waals surface area contributed by atoms with Crippen LogP contribution in [0, 0.1) is 11.6 Å². The van der Waals surface area contributed by atoms with E-state index in [-0.39, 0.29) is 18.2 Å². The Morgan fingerprint density at radius 1 is 0.931 bits per heavy atom. The maximum absolute atomic E-state index is 14.4. The monoisotopic (exact) mass is 398 g/mol. The molecule has 0 spiro atoms. The molecule has 1 unspecified atom stereocenters. The molecular weight excluding hydrogens is 374 g/mol. The number of aromatic nitrogens is 1. The summed E-state index contributed by atoms with van der Waals surface area (Å²) >= 11 is 0. The van der Waals surface area contributed by atoms with Gasteiger partial charge in [0, 0.05) is 43.2 Å². The van der Waals surface area contributed by atoms with E-state index in [4.69, 9.17) is 9.47 Å². The molecule has 0 N–H and O–H groups in total. The van der Waals surface area contributed by atoms with Crippen molar-refractivity contribution in [1.82, 2.24) is 9.47 Å². The quantitative estimate of drug-likeness (QED) is 0.619. The second kappa shape index (κ2) is 8.25. The summed E-state index contributed by atoms with van der Waals surface area (Å²) in [5.41, 5.74) is 2.13. The number of hydrogen-bond acceptors (Lipinski definition) is 3. The van der Waals surface area contributed by atoms with Crippen LogP contribution in [0.2, 0.25) is 0 Å². The second-order valence-corrected chi connectivity index (χ2v) is 7.20. The van der Waals surface area contributed by atoms with Crippen molar-refractivity contribution in [3.8, 4) is 11.5 Å². The number of aryl methyl sites for hydroxylation is 1. The molecule has 1 aliphatic heterocycles. The topological polar surface area (TPSA) is 26.6 Å². The van der Waals surface area contributed by atoms with Crippen LogP contribution in [0.1, 0.15) is 29.3 Å². The molecule has 6 heteroatoms. The number of rotatable bonds is 5. The smallest absolute Gasteiger partial charge is 0.130 e. The summed E-state index contributed by atoms with van der Waals surface area (Å²) in [6.07, 6.45) is 2.93. The Morgan fingerprint density at radius 2 is 1.62 bits per heavy atom. The first-order valence-electron chi connectivity index (χ1n) is 9.65. The summed E-state index contributed by atoms with van der Waals surface area (Å²) in [5.74, 6) is 0.315. The van der Waals surface area contributed by atoms with Gasteiger partial charge in [0.1, 0.15) is 23.1 Å². The van der Waals surface area contributed by atoms with E-state index < -0.39 is 11.6 Å². The highest BCUT2D eigenvalue weighted by Gasteiger charge is 2.29. The summed E-state index contributed by atoms with van der Waals surface area (Å²) in [4.78, 5) is 2.12. The molecule has 0 saturated heterocycles. The molecule has 0 aliphatic carbocycles. The van der Waals surface area contributed by atoms with Crippen LogP contribution in [0.25, 0.3) is 0 Å². The Balaban J connectivity index is 1.82. The van der Waals surface area contributed by atoms with Gasteiger partial charge in [-0.15, -0.1) is 0 Å². The maximum Gasteiger partial charge on any atom is 0.130 e. The lowest BCUT2D eigenvalue weighted by atomic mass is 10.00. The molecular formula is C23H24F2N2O2. The molecule has 29 heavy (non-hydrogen) atoms. The zero-order valence-electron chi connectivity index (χ0n) is 16.6. The number of nitrogens with zero attached hydrogens (tertiary/aromatic N) is 2. The highest BCUT2D eigenvalue weighted by Crippen LogP contribution is 2.37. The number of ether oxygens (including phenoxy) is 2. The average molecular weight is 398 g/mol. The third-order valence-electron chi connectivity index (χ3n) is 5.47. The van der Waals surface area contributed by atoms with Crippen molar-refractivity contribution >= 4 is 0 Å². The lowest BCUT2D eigenvalue weighted by Gasteiger charge is -2.31. The highest BCUT2D eigenvalue weighted by atomic mass is 19.1. The van der Waals surface area contributed by atoms with Crippen LogP contribution in [0.3, 0.4) is 0 Å². The number of methoxy groups -OCH3 is 2. The molecule has 4 nitrogen and oxygen atoms in total. The molecule has 0 fully saturated rings. The van der Waals surface area contributed by atoms with E-state index in [1.807, 2.05) is 30.5 Å². The Hall–Kier alpha value is -2.86. The van der Waals surface area contributed by atoms with E-state index >= 15 is 0 Å². The number of benzene rings is 2. The minimum atomic E-state index is -0.522. The fourth-order valence-electron chi connectivity index (χ4n) is 4.07. The molecule has 0 saturated carbocycles. The molecule has 0 radical (unpaired) electrons. The van der Waals surface area contributed by atoms with Crippen LogP contribution in [0.5, 0.6) is 11.5 Å². The average Bonchev–Trinajstić information content (AvgIpc) is 3.11. The first-order valence-corrected chi connectivity index (χ1v) is 9.65. The number of halogens is 2. The highest BCUT2D eigenvalue weighted by molar-refractivity contribution is 5.42. The number of fused-ring (bicyclic) bond motifs is 1. The molecule has 1 aromatic heterocycles. The van der Waals surface area contributed by atoms with E-state index in [2.05, 4.69) is 15.5 Å². The van der Waals surface area contributed by atoms with Gasteiger partial charge in [0.2, 0.25) is 0 Å². The van der Waals surface area contributed by atoms with Crippen molar-refractivity contribution in [3.05, 3.63) is 83.2 Å². The van der Waals surface area contributed by atoms with Gasteiger partial charge >= 0.3 is 0 Å². The summed E-state index contributed by atoms with van der Waals surface area (Å²) in [6, 6.07) is 13.6. The number of hydrogen-bond donors (Lipinski definition) is 0. The van der Waals surface area contributed by atoms with Crippen LogP contribution in [-0.2, 0) is 13.1 Å². The first kappa shape index (κ1) is 19.5. The van der Waals surface area contributed by atoms with Crippen molar-refractivity contribution in [3.63, 3.8) is 0 Å². The zero-order chi connectivity index (χ0) is 20.4. The minimum absolute atomic E-state index is 0.0902. The predicted molar refractivity (Wildman–Crippen MR) is 107 cm³/mol. The predicted octanol–water partition coefficient (Wildman–Crippen LogP) is 4.78. The third-order valence-corrected chi connectivity index (χ3v) is 5.47. The Labute approximate surface area is 169 Å². The van der Waals surface area contributed by atoms with Crippen molar-refractivity contribution in [1.29, 1.82) is 0 Å². The summed E-state index contributed by atoms with van der Waals surface area (Å²) < 4.78 is 41.9. The zero-order valence-corrected chi connectivity index (χ0v) is 16.6. The van der Waals surface area contributed by atoms with Gasteiger partial charge in [0.15, 0.2) is 0 Å². The third kappa shape index (κ3) is 3.85. The van der Waals surface area contributed by atoms with E-state index in [1.165, 1.54) is 18.2 Å². The molecule has 0 bridgehead atoms. The van der Waals surface area contributed by atoms with Gasteiger partial charge < -0.3 is 14.0 Å². The Kier molecular flexibility index (Phi) is 5.53. The van der Waals surface area contributed by atoms with Gasteiger partial charge in [-0.3, -0.25) is 4.90 Å². The molecule has 1 aliphatic rings. The van der Waals surface area contributed by atoms with Crippen LogP contribution >= 0.6 is 0 Å². The molecule has 152 valence electrons. The second-order valence-electron chi connectivity index (χ2n) is 7.20. The SMILES string of the molecule is COc1cc(OC)cc(C2c3cccn3CCCN2Cc2c(F)cccc2F)c1. The van der Waals surface area contributed by atoms with Crippen molar-refractivity contribution in [2.24, 2.45) is 0 Å². The lowest BCUT2D eigenvalue weighted by molar-refractivity contribution is 0.213. The summed E-state index contributed by atoms with van der Waals surface area (Å²) in [6.45, 7) is 1.74. The Morgan fingerprint density at radius 3 is 2.28 bits per heavy atom. The molecule has 3 aromatic rings.